The topological polar surface area (TPSA) is 60.9 Å². The predicted molar refractivity (Wildman–Crippen MR) is 111 cm³/mol. The molecule has 0 aromatic heterocycles. The highest BCUT2D eigenvalue weighted by molar-refractivity contribution is 7.92. The molecule has 0 aliphatic carbocycles. The van der Waals surface area contributed by atoms with Gasteiger partial charge in [0.1, 0.15) is 5.82 Å². The van der Waals surface area contributed by atoms with E-state index >= 15 is 0 Å². The summed E-state index contributed by atoms with van der Waals surface area (Å²) < 4.78 is 38.3. The second kappa shape index (κ2) is 7.67. The lowest BCUT2D eigenvalue weighted by atomic mass is 10.1. The number of fused-ring (bicyclic) bond motifs is 1. The molecule has 2 aliphatic heterocycles. The minimum absolute atomic E-state index is 0.0356. The summed E-state index contributed by atoms with van der Waals surface area (Å²) in [6, 6.07) is 11.7. The van der Waals surface area contributed by atoms with Crippen molar-refractivity contribution in [1.29, 1.82) is 0 Å². The Morgan fingerprint density at radius 3 is 2.45 bits per heavy atom. The first-order valence-electron chi connectivity index (χ1n) is 9.73. The molecule has 2 aromatic rings. The van der Waals surface area contributed by atoms with Gasteiger partial charge < -0.3 is 9.80 Å². The first-order chi connectivity index (χ1) is 13.8. The molecule has 6 nitrogen and oxygen atoms in total. The van der Waals surface area contributed by atoms with E-state index in [1.165, 1.54) is 22.7 Å². The number of anilines is 2. The standard InChI is InChI=1S/C21H24FN3O3S/c1-29(27,28)25-12-9-16-15-17(3-8-20(16)25)21(26)24-11-2-10-23(13-14-24)19-6-4-18(22)5-7-19/h3-8,15H,2,9-14H2,1H3. The lowest BCUT2D eigenvalue weighted by molar-refractivity contribution is 0.0767. The highest BCUT2D eigenvalue weighted by Gasteiger charge is 2.28. The molecular weight excluding hydrogens is 393 g/mol. The van der Waals surface area contributed by atoms with Crippen molar-refractivity contribution in [3.63, 3.8) is 0 Å². The summed E-state index contributed by atoms with van der Waals surface area (Å²) in [4.78, 5) is 17.1. The average molecular weight is 418 g/mol. The zero-order chi connectivity index (χ0) is 20.6. The summed E-state index contributed by atoms with van der Waals surface area (Å²) in [6.45, 7) is 3.15. The molecule has 2 aromatic carbocycles. The highest BCUT2D eigenvalue weighted by Crippen LogP contribution is 2.31. The van der Waals surface area contributed by atoms with Crippen molar-refractivity contribution in [3.8, 4) is 0 Å². The van der Waals surface area contributed by atoms with Crippen molar-refractivity contribution in [2.24, 2.45) is 0 Å². The van der Waals surface area contributed by atoms with Crippen molar-refractivity contribution >= 4 is 27.3 Å². The summed E-state index contributed by atoms with van der Waals surface area (Å²) in [5, 5.41) is 0. The minimum Gasteiger partial charge on any atom is -0.370 e. The molecule has 0 unspecified atom stereocenters. The van der Waals surface area contributed by atoms with Crippen LogP contribution in [0.15, 0.2) is 42.5 Å². The van der Waals surface area contributed by atoms with E-state index in [0.29, 0.717) is 43.9 Å². The summed E-state index contributed by atoms with van der Waals surface area (Å²) in [5.41, 5.74) is 3.11. The number of nitrogens with zero attached hydrogens (tertiary/aromatic N) is 3. The number of hydrogen-bond acceptors (Lipinski definition) is 4. The monoisotopic (exact) mass is 417 g/mol. The fourth-order valence-electron chi connectivity index (χ4n) is 4.06. The van der Waals surface area contributed by atoms with Crippen LogP contribution in [0.25, 0.3) is 0 Å². The Hall–Kier alpha value is -2.61. The van der Waals surface area contributed by atoms with E-state index in [1.54, 1.807) is 24.3 Å². The molecule has 0 N–H and O–H groups in total. The Morgan fingerprint density at radius 1 is 0.966 bits per heavy atom. The normalized spacial score (nSPS) is 17.2. The number of benzene rings is 2. The van der Waals surface area contributed by atoms with E-state index < -0.39 is 10.0 Å². The van der Waals surface area contributed by atoms with Crippen LogP contribution in [0.5, 0.6) is 0 Å². The Morgan fingerprint density at radius 2 is 1.72 bits per heavy atom. The first-order valence-corrected chi connectivity index (χ1v) is 11.6. The van der Waals surface area contributed by atoms with Gasteiger partial charge in [-0.2, -0.15) is 0 Å². The molecule has 4 rings (SSSR count). The Kier molecular flexibility index (Phi) is 5.21. The van der Waals surface area contributed by atoms with Crippen molar-refractivity contribution in [2.75, 3.05) is 48.2 Å². The van der Waals surface area contributed by atoms with Crippen molar-refractivity contribution in [1.82, 2.24) is 4.90 Å². The number of carbonyl (C=O) groups is 1. The summed E-state index contributed by atoms with van der Waals surface area (Å²) in [7, 11) is -3.30. The van der Waals surface area contributed by atoms with Gasteiger partial charge in [0, 0.05) is 44.0 Å². The van der Waals surface area contributed by atoms with Crippen LogP contribution in [0.3, 0.4) is 0 Å². The molecular formula is C21H24FN3O3S. The highest BCUT2D eigenvalue weighted by atomic mass is 32.2. The molecule has 154 valence electrons. The van der Waals surface area contributed by atoms with Gasteiger partial charge in [-0.05, 0) is 60.9 Å². The SMILES string of the molecule is CS(=O)(=O)N1CCc2cc(C(=O)N3CCCN(c4ccc(F)cc4)CC3)ccc21. The molecule has 0 radical (unpaired) electrons. The minimum atomic E-state index is -3.30. The zero-order valence-electron chi connectivity index (χ0n) is 16.3. The lowest BCUT2D eigenvalue weighted by Gasteiger charge is -2.24. The van der Waals surface area contributed by atoms with E-state index in [-0.39, 0.29) is 11.7 Å². The van der Waals surface area contributed by atoms with Crippen LogP contribution in [0.1, 0.15) is 22.3 Å². The van der Waals surface area contributed by atoms with Gasteiger partial charge in [0.25, 0.3) is 5.91 Å². The molecule has 1 amide bonds. The average Bonchev–Trinajstić information content (AvgIpc) is 2.98. The van der Waals surface area contributed by atoms with Gasteiger partial charge in [0.15, 0.2) is 0 Å². The molecule has 2 aliphatic rings. The fraction of sp³-hybridized carbons (Fsp3) is 0.381. The van der Waals surface area contributed by atoms with Crippen LogP contribution in [-0.2, 0) is 16.4 Å². The van der Waals surface area contributed by atoms with Gasteiger partial charge in [-0.15, -0.1) is 0 Å². The Balaban J connectivity index is 1.47. The number of amides is 1. The number of hydrogen-bond donors (Lipinski definition) is 0. The van der Waals surface area contributed by atoms with E-state index in [0.717, 1.165) is 24.2 Å². The van der Waals surface area contributed by atoms with Crippen molar-refractivity contribution in [2.45, 2.75) is 12.8 Å². The molecule has 0 saturated carbocycles. The third-order valence-electron chi connectivity index (χ3n) is 5.55. The van der Waals surface area contributed by atoms with Crippen LogP contribution >= 0.6 is 0 Å². The largest absolute Gasteiger partial charge is 0.370 e. The van der Waals surface area contributed by atoms with Crippen LogP contribution in [0.4, 0.5) is 15.8 Å². The van der Waals surface area contributed by atoms with Crippen LogP contribution < -0.4 is 9.21 Å². The number of carbonyl (C=O) groups excluding carboxylic acids is 1. The van der Waals surface area contributed by atoms with Crippen LogP contribution in [-0.4, -0.2) is 58.2 Å². The lowest BCUT2D eigenvalue weighted by Crippen LogP contribution is -2.35. The van der Waals surface area contributed by atoms with E-state index in [4.69, 9.17) is 0 Å². The second-order valence-corrected chi connectivity index (χ2v) is 9.44. The maximum absolute atomic E-state index is 13.2. The molecule has 0 bridgehead atoms. The fourth-order valence-corrected chi connectivity index (χ4v) is 5.02. The van der Waals surface area contributed by atoms with Gasteiger partial charge in [-0.3, -0.25) is 9.10 Å². The number of sulfonamides is 1. The Bertz CT molecular complexity index is 1020. The first kappa shape index (κ1) is 19.7. The molecule has 1 fully saturated rings. The van der Waals surface area contributed by atoms with E-state index in [9.17, 15) is 17.6 Å². The zero-order valence-corrected chi connectivity index (χ0v) is 17.2. The molecule has 0 spiro atoms. The molecule has 8 heteroatoms. The third-order valence-corrected chi connectivity index (χ3v) is 6.73. The summed E-state index contributed by atoms with van der Waals surface area (Å²) in [6.07, 6.45) is 2.64. The van der Waals surface area contributed by atoms with E-state index in [2.05, 4.69) is 4.90 Å². The molecule has 2 heterocycles. The van der Waals surface area contributed by atoms with Crippen molar-refractivity contribution < 1.29 is 17.6 Å². The van der Waals surface area contributed by atoms with Gasteiger partial charge in [-0.25, -0.2) is 12.8 Å². The summed E-state index contributed by atoms with van der Waals surface area (Å²) >= 11 is 0. The maximum Gasteiger partial charge on any atom is 0.253 e. The summed E-state index contributed by atoms with van der Waals surface area (Å²) in [5.74, 6) is -0.294. The van der Waals surface area contributed by atoms with Crippen molar-refractivity contribution in [3.05, 3.63) is 59.4 Å². The second-order valence-electron chi connectivity index (χ2n) is 7.54. The number of rotatable bonds is 3. The predicted octanol–water partition coefficient (Wildman–Crippen LogP) is 2.50. The number of halogens is 1. The van der Waals surface area contributed by atoms with Crippen LogP contribution in [0.2, 0.25) is 0 Å². The molecule has 0 atom stereocenters. The van der Waals surface area contributed by atoms with Gasteiger partial charge in [0.2, 0.25) is 10.0 Å². The van der Waals surface area contributed by atoms with E-state index in [1.807, 2.05) is 11.0 Å². The molecule has 1 saturated heterocycles. The quantitative estimate of drug-likeness (QED) is 0.770. The Labute approximate surface area is 170 Å². The smallest absolute Gasteiger partial charge is 0.253 e. The van der Waals surface area contributed by atoms with Gasteiger partial charge in [0.05, 0.1) is 11.9 Å². The van der Waals surface area contributed by atoms with Gasteiger partial charge >= 0.3 is 0 Å². The van der Waals surface area contributed by atoms with Crippen LogP contribution in [0, 0.1) is 5.82 Å². The third kappa shape index (κ3) is 4.07. The maximum atomic E-state index is 13.2. The molecule has 29 heavy (non-hydrogen) atoms. The van der Waals surface area contributed by atoms with Gasteiger partial charge in [-0.1, -0.05) is 0 Å².